The van der Waals surface area contributed by atoms with Gasteiger partial charge in [0.15, 0.2) is 11.5 Å². The Labute approximate surface area is 162 Å². The van der Waals surface area contributed by atoms with Crippen LogP contribution < -0.4 is 20.2 Å². The van der Waals surface area contributed by atoms with Gasteiger partial charge in [0, 0.05) is 10.6 Å². The summed E-state index contributed by atoms with van der Waals surface area (Å²) in [4.78, 5) is 24.1. The topological polar surface area (TPSA) is 89.0 Å². The standard InChI is InChI=1S/C19H20ClN3O4/c1-12(13-4-7-15(20)8-5-13)22-23-18(24)11-21-19(25)14-6-9-16(26-2)17(10-14)27-3/h4-10H,11H2,1-3H3,(H,21,25)(H,23,24). The molecule has 0 radical (unpaired) electrons. The van der Waals surface area contributed by atoms with Crippen LogP contribution in [0.15, 0.2) is 47.6 Å². The van der Waals surface area contributed by atoms with Crippen molar-refractivity contribution >= 4 is 29.1 Å². The van der Waals surface area contributed by atoms with E-state index >= 15 is 0 Å². The second-order valence-corrected chi connectivity index (χ2v) is 5.93. The molecule has 2 amide bonds. The zero-order valence-corrected chi connectivity index (χ0v) is 16.0. The molecule has 0 aliphatic heterocycles. The molecule has 0 aliphatic carbocycles. The summed E-state index contributed by atoms with van der Waals surface area (Å²) in [7, 11) is 2.99. The van der Waals surface area contributed by atoms with Crippen molar-refractivity contribution in [2.45, 2.75) is 6.92 Å². The maximum atomic E-state index is 12.2. The normalized spacial score (nSPS) is 10.9. The number of carbonyl (C=O) groups is 2. The number of hydrogen-bond donors (Lipinski definition) is 2. The molecule has 142 valence electrons. The average Bonchev–Trinajstić information content (AvgIpc) is 2.70. The third kappa shape index (κ3) is 5.72. The van der Waals surface area contributed by atoms with Crippen LogP contribution in [0.25, 0.3) is 0 Å². The SMILES string of the molecule is COc1ccc(C(=O)NCC(=O)NN=C(C)c2ccc(Cl)cc2)cc1OC. The number of ether oxygens (including phenoxy) is 2. The molecule has 2 aromatic carbocycles. The molecular formula is C19H20ClN3O4. The molecule has 0 fully saturated rings. The highest BCUT2D eigenvalue weighted by atomic mass is 35.5. The Morgan fingerprint density at radius 3 is 2.26 bits per heavy atom. The van der Waals surface area contributed by atoms with Crippen molar-refractivity contribution < 1.29 is 19.1 Å². The van der Waals surface area contributed by atoms with Crippen LogP contribution in [-0.4, -0.2) is 38.3 Å². The van der Waals surface area contributed by atoms with E-state index in [9.17, 15) is 9.59 Å². The van der Waals surface area contributed by atoms with Gasteiger partial charge in [-0.2, -0.15) is 5.10 Å². The van der Waals surface area contributed by atoms with E-state index in [0.29, 0.717) is 27.8 Å². The minimum Gasteiger partial charge on any atom is -0.493 e. The van der Waals surface area contributed by atoms with Crippen LogP contribution in [0.3, 0.4) is 0 Å². The smallest absolute Gasteiger partial charge is 0.259 e. The van der Waals surface area contributed by atoms with E-state index in [0.717, 1.165) is 5.56 Å². The van der Waals surface area contributed by atoms with E-state index in [1.807, 2.05) is 0 Å². The maximum absolute atomic E-state index is 12.2. The molecule has 0 bridgehead atoms. The Morgan fingerprint density at radius 2 is 1.63 bits per heavy atom. The van der Waals surface area contributed by atoms with Gasteiger partial charge in [0.1, 0.15) is 0 Å². The van der Waals surface area contributed by atoms with Gasteiger partial charge in [-0.05, 0) is 42.8 Å². The molecule has 0 atom stereocenters. The first kappa shape index (κ1) is 20.3. The van der Waals surface area contributed by atoms with E-state index < -0.39 is 11.8 Å². The molecule has 2 aromatic rings. The minimum atomic E-state index is -0.447. The Kier molecular flexibility index (Phi) is 7.19. The number of hydrazone groups is 1. The molecule has 2 rings (SSSR count). The molecule has 0 heterocycles. The van der Waals surface area contributed by atoms with Gasteiger partial charge in [0.25, 0.3) is 11.8 Å². The lowest BCUT2D eigenvalue weighted by molar-refractivity contribution is -0.120. The summed E-state index contributed by atoms with van der Waals surface area (Å²) in [5.41, 5.74) is 4.19. The molecule has 0 saturated carbocycles. The number of halogens is 1. The zero-order chi connectivity index (χ0) is 19.8. The van der Waals surface area contributed by atoms with Crippen molar-refractivity contribution in [3.05, 3.63) is 58.6 Å². The van der Waals surface area contributed by atoms with Gasteiger partial charge in [-0.15, -0.1) is 0 Å². The van der Waals surface area contributed by atoms with Gasteiger partial charge < -0.3 is 14.8 Å². The van der Waals surface area contributed by atoms with Crippen molar-refractivity contribution in [1.29, 1.82) is 0 Å². The molecule has 0 aromatic heterocycles. The summed E-state index contributed by atoms with van der Waals surface area (Å²) in [6.07, 6.45) is 0. The Bertz CT molecular complexity index is 851. The summed E-state index contributed by atoms with van der Waals surface area (Å²) in [5.74, 6) is 0.0817. The molecule has 0 spiro atoms. The van der Waals surface area contributed by atoms with Gasteiger partial charge in [-0.25, -0.2) is 5.43 Å². The summed E-state index contributed by atoms with van der Waals surface area (Å²) in [6.45, 7) is 1.54. The number of carbonyl (C=O) groups excluding carboxylic acids is 2. The van der Waals surface area contributed by atoms with Gasteiger partial charge in [0.2, 0.25) is 0 Å². The lowest BCUT2D eigenvalue weighted by atomic mass is 10.1. The summed E-state index contributed by atoms with van der Waals surface area (Å²) < 4.78 is 10.3. The van der Waals surface area contributed by atoms with E-state index in [2.05, 4.69) is 15.8 Å². The van der Waals surface area contributed by atoms with Crippen LogP contribution in [0.4, 0.5) is 0 Å². The number of rotatable bonds is 7. The number of benzene rings is 2. The average molecular weight is 390 g/mol. The molecule has 0 saturated heterocycles. The van der Waals surface area contributed by atoms with Gasteiger partial charge in [-0.3, -0.25) is 9.59 Å². The van der Waals surface area contributed by atoms with Crippen molar-refractivity contribution in [3.8, 4) is 11.5 Å². The molecule has 8 heteroatoms. The van der Waals surface area contributed by atoms with Crippen LogP contribution in [-0.2, 0) is 4.79 Å². The predicted octanol–water partition coefficient (Wildman–Crippen LogP) is 2.63. The number of amides is 2. The fourth-order valence-electron chi connectivity index (χ4n) is 2.18. The summed E-state index contributed by atoms with van der Waals surface area (Å²) in [6, 6.07) is 11.8. The van der Waals surface area contributed by atoms with Crippen LogP contribution in [0.1, 0.15) is 22.8 Å². The van der Waals surface area contributed by atoms with Crippen LogP contribution in [0, 0.1) is 0 Å². The Hall–Kier alpha value is -3.06. The quantitative estimate of drug-likeness (QED) is 0.562. The monoisotopic (exact) mass is 389 g/mol. The van der Waals surface area contributed by atoms with Crippen LogP contribution in [0.5, 0.6) is 11.5 Å². The molecule has 2 N–H and O–H groups in total. The molecule has 0 aliphatic rings. The Morgan fingerprint density at radius 1 is 1.00 bits per heavy atom. The molecular weight excluding hydrogens is 370 g/mol. The fourth-order valence-corrected chi connectivity index (χ4v) is 2.31. The lowest BCUT2D eigenvalue weighted by Gasteiger charge is -2.10. The van der Waals surface area contributed by atoms with E-state index in [4.69, 9.17) is 21.1 Å². The number of nitrogens with one attached hydrogen (secondary N) is 2. The molecule has 7 nitrogen and oxygen atoms in total. The first-order valence-corrected chi connectivity index (χ1v) is 8.41. The Balaban J connectivity index is 1.90. The third-order valence-corrected chi connectivity index (χ3v) is 3.92. The maximum Gasteiger partial charge on any atom is 0.259 e. The fraction of sp³-hybridized carbons (Fsp3) is 0.211. The second kappa shape index (κ2) is 9.59. The largest absolute Gasteiger partial charge is 0.493 e. The lowest BCUT2D eigenvalue weighted by Crippen LogP contribution is -2.35. The second-order valence-electron chi connectivity index (χ2n) is 5.49. The van der Waals surface area contributed by atoms with Gasteiger partial charge in [-0.1, -0.05) is 23.7 Å². The highest BCUT2D eigenvalue weighted by Gasteiger charge is 2.12. The highest BCUT2D eigenvalue weighted by Crippen LogP contribution is 2.27. The highest BCUT2D eigenvalue weighted by molar-refractivity contribution is 6.30. The minimum absolute atomic E-state index is 0.218. The molecule has 27 heavy (non-hydrogen) atoms. The van der Waals surface area contributed by atoms with Crippen molar-refractivity contribution in [3.63, 3.8) is 0 Å². The third-order valence-electron chi connectivity index (χ3n) is 3.67. The van der Waals surface area contributed by atoms with E-state index in [-0.39, 0.29) is 6.54 Å². The van der Waals surface area contributed by atoms with E-state index in [1.165, 1.54) is 20.3 Å². The number of methoxy groups -OCH3 is 2. The summed E-state index contributed by atoms with van der Waals surface area (Å²) in [5, 5.41) is 7.15. The first-order valence-electron chi connectivity index (χ1n) is 8.04. The van der Waals surface area contributed by atoms with Crippen LogP contribution >= 0.6 is 11.6 Å². The molecule has 0 unspecified atom stereocenters. The number of hydrogen-bond acceptors (Lipinski definition) is 5. The van der Waals surface area contributed by atoms with Gasteiger partial charge in [0.05, 0.1) is 26.5 Å². The van der Waals surface area contributed by atoms with Crippen molar-refractivity contribution in [2.24, 2.45) is 5.10 Å². The summed E-state index contributed by atoms with van der Waals surface area (Å²) >= 11 is 5.84. The van der Waals surface area contributed by atoms with Crippen molar-refractivity contribution in [2.75, 3.05) is 20.8 Å². The van der Waals surface area contributed by atoms with Crippen molar-refractivity contribution in [1.82, 2.24) is 10.7 Å². The first-order chi connectivity index (χ1) is 12.9. The van der Waals surface area contributed by atoms with Crippen LogP contribution in [0.2, 0.25) is 5.02 Å². The van der Waals surface area contributed by atoms with E-state index in [1.54, 1.807) is 43.3 Å². The van der Waals surface area contributed by atoms with Gasteiger partial charge >= 0.3 is 0 Å². The number of nitrogens with zero attached hydrogens (tertiary/aromatic N) is 1. The predicted molar refractivity (Wildman–Crippen MR) is 104 cm³/mol. The zero-order valence-electron chi connectivity index (χ0n) is 15.2.